The van der Waals surface area contributed by atoms with Gasteiger partial charge in [0, 0.05) is 18.4 Å². The van der Waals surface area contributed by atoms with E-state index >= 15 is 0 Å². The highest BCUT2D eigenvalue weighted by atomic mass is 16.5. The molecular formula is C45H70O5. The second-order valence-corrected chi connectivity index (χ2v) is 13.5. The molecule has 0 aliphatic carbocycles. The van der Waals surface area contributed by atoms with Gasteiger partial charge in [0.2, 0.25) is 0 Å². The van der Waals surface area contributed by atoms with Crippen LogP contribution in [0.5, 0.6) is 0 Å². The summed E-state index contributed by atoms with van der Waals surface area (Å²) in [7, 11) is 0. The summed E-state index contributed by atoms with van der Waals surface area (Å²) in [4.78, 5) is 36.1. The van der Waals surface area contributed by atoms with E-state index in [0.29, 0.717) is 18.4 Å². The first kappa shape index (κ1) is 44.8. The molecule has 280 valence electrons. The van der Waals surface area contributed by atoms with Gasteiger partial charge in [0.15, 0.2) is 0 Å². The number of allylic oxidation sites excluding steroid dienone is 8. The zero-order valence-electron chi connectivity index (χ0n) is 31.9. The quantitative estimate of drug-likeness (QED) is 0.0318. The van der Waals surface area contributed by atoms with Crippen LogP contribution in [0, 0.1) is 0 Å². The van der Waals surface area contributed by atoms with E-state index in [1.165, 1.54) is 77.0 Å². The molecule has 0 saturated heterocycles. The maximum atomic E-state index is 12.3. The Morgan fingerprint density at radius 3 is 1.22 bits per heavy atom. The normalized spacial score (nSPS) is 11.8. The number of hydrogen-bond donors (Lipinski definition) is 0. The number of hydrogen-bond acceptors (Lipinski definition) is 5. The van der Waals surface area contributed by atoms with E-state index in [4.69, 9.17) is 9.47 Å². The Morgan fingerprint density at radius 2 is 0.840 bits per heavy atom. The monoisotopic (exact) mass is 691 g/mol. The molecule has 1 rings (SSSR count). The Kier molecular flexibility index (Phi) is 30.7. The van der Waals surface area contributed by atoms with Crippen molar-refractivity contribution in [3.8, 4) is 0 Å². The predicted octanol–water partition coefficient (Wildman–Crippen LogP) is 13.2. The van der Waals surface area contributed by atoms with Gasteiger partial charge in [-0.2, -0.15) is 0 Å². The minimum atomic E-state index is -0.224. The molecule has 0 aliphatic heterocycles. The highest BCUT2D eigenvalue weighted by molar-refractivity contribution is 5.76. The molecule has 5 nitrogen and oxygen atoms in total. The van der Waals surface area contributed by atoms with Gasteiger partial charge in [-0.1, -0.05) is 127 Å². The summed E-state index contributed by atoms with van der Waals surface area (Å²) in [5, 5.41) is 0. The van der Waals surface area contributed by atoms with Crippen molar-refractivity contribution in [3.05, 3.63) is 83.5 Å². The molecule has 50 heavy (non-hydrogen) atoms. The van der Waals surface area contributed by atoms with Crippen molar-refractivity contribution in [1.82, 2.24) is 0 Å². The Balaban J connectivity index is 2.13. The topological polar surface area (TPSA) is 69.7 Å². The van der Waals surface area contributed by atoms with Gasteiger partial charge < -0.3 is 9.47 Å². The van der Waals surface area contributed by atoms with Gasteiger partial charge >= 0.3 is 11.9 Å². The first-order chi connectivity index (χ1) is 24.6. The third kappa shape index (κ3) is 28.6. The Hall–Kier alpha value is -3.21. The minimum absolute atomic E-state index is 0.105. The van der Waals surface area contributed by atoms with Crippen LogP contribution in [-0.2, 0) is 32.3 Å². The van der Waals surface area contributed by atoms with Crippen molar-refractivity contribution in [2.75, 3.05) is 0 Å². The predicted molar refractivity (Wildman–Crippen MR) is 210 cm³/mol. The van der Waals surface area contributed by atoms with Crippen LogP contribution in [-0.4, -0.2) is 18.2 Å². The Bertz CT molecular complexity index is 1030. The molecule has 5 heteroatoms. The molecule has 0 bridgehead atoms. The molecule has 0 aliphatic rings. The maximum absolute atomic E-state index is 12.3. The lowest BCUT2D eigenvalue weighted by molar-refractivity contribution is -0.145. The van der Waals surface area contributed by atoms with Gasteiger partial charge in [0.25, 0.3) is 0 Å². The lowest BCUT2D eigenvalue weighted by atomic mass is 10.1. The van der Waals surface area contributed by atoms with E-state index in [-0.39, 0.29) is 25.2 Å². The van der Waals surface area contributed by atoms with E-state index in [9.17, 15) is 14.4 Å². The molecule has 0 N–H and O–H groups in total. The van der Waals surface area contributed by atoms with Crippen LogP contribution in [0.1, 0.15) is 189 Å². The van der Waals surface area contributed by atoms with E-state index in [1.807, 2.05) is 6.07 Å². The van der Waals surface area contributed by atoms with Gasteiger partial charge in [0.05, 0.1) is 0 Å². The fraction of sp³-hybridized carbons (Fsp3) is 0.622. The molecule has 0 aromatic heterocycles. The minimum Gasteiger partial charge on any atom is -0.461 e. The van der Waals surface area contributed by atoms with E-state index < -0.39 is 0 Å². The van der Waals surface area contributed by atoms with Crippen LogP contribution < -0.4 is 0 Å². The second-order valence-electron chi connectivity index (χ2n) is 13.5. The zero-order valence-corrected chi connectivity index (χ0v) is 31.9. The fourth-order valence-electron chi connectivity index (χ4n) is 5.66. The van der Waals surface area contributed by atoms with Gasteiger partial charge in [-0.3, -0.25) is 14.4 Å². The molecular weight excluding hydrogens is 620 g/mol. The highest BCUT2D eigenvalue weighted by Gasteiger charge is 2.08. The molecule has 0 heterocycles. The fourth-order valence-corrected chi connectivity index (χ4v) is 5.66. The second kappa shape index (κ2) is 34.2. The average molecular weight is 691 g/mol. The van der Waals surface area contributed by atoms with Crippen molar-refractivity contribution in [1.29, 1.82) is 0 Å². The molecule has 0 amide bonds. The molecule has 1 aromatic rings. The first-order valence-corrected chi connectivity index (χ1v) is 20.1. The number of rotatable bonds is 33. The molecule has 0 spiro atoms. The van der Waals surface area contributed by atoms with Crippen LogP contribution in [0.25, 0.3) is 0 Å². The van der Waals surface area contributed by atoms with Gasteiger partial charge in [-0.25, -0.2) is 0 Å². The average Bonchev–Trinajstić information content (AvgIpc) is 3.13. The third-order valence-corrected chi connectivity index (χ3v) is 8.67. The molecule has 0 fully saturated rings. The molecule has 0 unspecified atom stereocenters. The zero-order chi connectivity index (χ0) is 36.2. The van der Waals surface area contributed by atoms with E-state index in [1.54, 1.807) is 12.1 Å². The van der Waals surface area contributed by atoms with Crippen molar-refractivity contribution in [2.45, 2.75) is 181 Å². The van der Waals surface area contributed by atoms with Gasteiger partial charge in [-0.15, -0.1) is 0 Å². The maximum Gasteiger partial charge on any atom is 0.306 e. The van der Waals surface area contributed by atoms with Gasteiger partial charge in [-0.05, 0) is 106 Å². The van der Waals surface area contributed by atoms with E-state index in [0.717, 1.165) is 81.6 Å². The van der Waals surface area contributed by atoms with Crippen LogP contribution in [0.15, 0.2) is 66.8 Å². The number of unbranched alkanes of at least 4 members (excludes halogenated alkanes) is 16. The summed E-state index contributed by atoms with van der Waals surface area (Å²) in [6, 6.07) is 5.27. The van der Waals surface area contributed by atoms with Crippen molar-refractivity contribution < 1.29 is 23.9 Å². The summed E-state index contributed by atoms with van der Waals surface area (Å²) in [6.07, 6.45) is 44.8. The summed E-state index contributed by atoms with van der Waals surface area (Å²) >= 11 is 0. The number of ether oxygens (including phenoxy) is 2. The van der Waals surface area contributed by atoms with Crippen molar-refractivity contribution in [3.63, 3.8) is 0 Å². The standard InChI is InChI=1S/C45H70O5/c1-3-5-7-9-11-13-15-17-19-21-23-25-27-29-31-33-44(47)49-39-42-35-41(38-46)36-43(37-42)40-50-45(48)34-32-30-28-26-24-22-20-18-16-14-12-10-8-6-4-2/h11-14,17-20,35-38H,3-10,15-16,21-34,39-40H2,1-2H3/b13-11-,14-12-,19-17-,20-18-. The number of esters is 2. The Labute approximate surface area is 306 Å². The number of carbonyl (C=O) groups excluding carboxylic acids is 3. The summed E-state index contributed by atoms with van der Waals surface area (Å²) < 4.78 is 11.0. The first-order valence-electron chi connectivity index (χ1n) is 20.1. The highest BCUT2D eigenvalue weighted by Crippen LogP contribution is 2.15. The number of carbonyl (C=O) groups is 3. The summed E-state index contributed by atoms with van der Waals surface area (Å²) in [6.45, 7) is 4.68. The van der Waals surface area contributed by atoms with Crippen LogP contribution in [0.4, 0.5) is 0 Å². The SMILES string of the molecule is CCCCC/C=C\C/C=C\CCCCCCCC(=O)OCc1cc(C=O)cc(COC(=O)CCCCCCC/C=C\C/C=C\CCCCC)c1. The smallest absolute Gasteiger partial charge is 0.306 e. The third-order valence-electron chi connectivity index (χ3n) is 8.67. The van der Waals surface area contributed by atoms with Gasteiger partial charge in [0.1, 0.15) is 19.5 Å². The Morgan fingerprint density at radius 1 is 0.480 bits per heavy atom. The lowest BCUT2D eigenvalue weighted by Crippen LogP contribution is -2.07. The van der Waals surface area contributed by atoms with Crippen LogP contribution in [0.3, 0.4) is 0 Å². The number of benzene rings is 1. The summed E-state index contributed by atoms with van der Waals surface area (Å²) in [5.74, 6) is -0.449. The van der Waals surface area contributed by atoms with Crippen molar-refractivity contribution in [2.24, 2.45) is 0 Å². The van der Waals surface area contributed by atoms with Crippen LogP contribution in [0.2, 0.25) is 0 Å². The molecule has 0 saturated carbocycles. The number of aldehydes is 1. The lowest BCUT2D eigenvalue weighted by Gasteiger charge is -2.10. The van der Waals surface area contributed by atoms with Crippen LogP contribution >= 0.6 is 0 Å². The van der Waals surface area contributed by atoms with Crippen molar-refractivity contribution >= 4 is 18.2 Å². The van der Waals surface area contributed by atoms with E-state index in [2.05, 4.69) is 62.5 Å². The molecule has 0 radical (unpaired) electrons. The molecule has 0 atom stereocenters. The molecule has 1 aromatic carbocycles. The summed E-state index contributed by atoms with van der Waals surface area (Å²) in [5.41, 5.74) is 1.93. The largest absolute Gasteiger partial charge is 0.461 e.